The smallest absolute Gasteiger partial charge is 0.0829 e. The fraction of sp³-hybridized carbons (Fsp3) is 0.538. The number of hydrogen-bond donors (Lipinski definition) is 0. The van der Waals surface area contributed by atoms with Gasteiger partial charge in [0.1, 0.15) is 0 Å². The van der Waals surface area contributed by atoms with E-state index in [9.17, 15) is 0 Å². The Morgan fingerprint density at radius 2 is 2.00 bits per heavy atom. The molecule has 2 atom stereocenters. The molecule has 0 aliphatic heterocycles. The van der Waals surface area contributed by atoms with E-state index in [2.05, 4.69) is 31.2 Å². The van der Waals surface area contributed by atoms with Crippen LogP contribution in [-0.4, -0.2) is 7.11 Å². The third kappa shape index (κ3) is 1.57. The second-order valence-electron chi connectivity index (χ2n) is 4.07. The molecular weight excluding hydrogens is 172 g/mol. The summed E-state index contributed by atoms with van der Waals surface area (Å²) >= 11 is 0. The SMILES string of the molecule is CCCC1CC(OC)c2ccccc21. The lowest BCUT2D eigenvalue weighted by atomic mass is 9.97. The van der Waals surface area contributed by atoms with Crippen molar-refractivity contribution in [2.45, 2.75) is 38.2 Å². The van der Waals surface area contributed by atoms with Crippen LogP contribution in [0.2, 0.25) is 0 Å². The first-order valence-electron chi connectivity index (χ1n) is 5.48. The molecule has 2 rings (SSSR count). The third-order valence-corrected chi connectivity index (χ3v) is 3.20. The van der Waals surface area contributed by atoms with E-state index in [0.29, 0.717) is 6.10 Å². The normalized spacial score (nSPS) is 25.0. The van der Waals surface area contributed by atoms with Gasteiger partial charge in [-0.25, -0.2) is 0 Å². The van der Waals surface area contributed by atoms with Crippen LogP contribution in [0.5, 0.6) is 0 Å². The van der Waals surface area contributed by atoms with Crippen molar-refractivity contribution in [1.29, 1.82) is 0 Å². The molecule has 0 saturated heterocycles. The molecule has 1 aliphatic rings. The molecule has 76 valence electrons. The summed E-state index contributed by atoms with van der Waals surface area (Å²) in [5.74, 6) is 0.723. The van der Waals surface area contributed by atoms with E-state index >= 15 is 0 Å². The number of fused-ring (bicyclic) bond motifs is 1. The zero-order valence-electron chi connectivity index (χ0n) is 8.99. The summed E-state index contributed by atoms with van der Waals surface area (Å²) in [4.78, 5) is 0. The molecule has 1 heteroatoms. The minimum atomic E-state index is 0.336. The van der Waals surface area contributed by atoms with Crippen LogP contribution in [0.4, 0.5) is 0 Å². The van der Waals surface area contributed by atoms with E-state index in [-0.39, 0.29) is 0 Å². The Labute approximate surface area is 86.1 Å². The molecule has 1 nitrogen and oxygen atoms in total. The average Bonchev–Trinajstić information content (AvgIpc) is 2.58. The third-order valence-electron chi connectivity index (χ3n) is 3.20. The largest absolute Gasteiger partial charge is 0.377 e. The predicted octanol–water partition coefficient (Wildman–Crippen LogP) is 3.66. The summed E-state index contributed by atoms with van der Waals surface area (Å²) in [6, 6.07) is 8.71. The van der Waals surface area contributed by atoms with Gasteiger partial charge in [0.05, 0.1) is 6.10 Å². The molecule has 0 heterocycles. The van der Waals surface area contributed by atoms with Gasteiger partial charge in [0.2, 0.25) is 0 Å². The van der Waals surface area contributed by atoms with Crippen molar-refractivity contribution in [2.75, 3.05) is 7.11 Å². The van der Waals surface area contributed by atoms with Gasteiger partial charge >= 0.3 is 0 Å². The van der Waals surface area contributed by atoms with E-state index in [1.165, 1.54) is 30.4 Å². The van der Waals surface area contributed by atoms with Gasteiger partial charge < -0.3 is 4.74 Å². The lowest BCUT2D eigenvalue weighted by molar-refractivity contribution is 0.0997. The molecule has 0 bridgehead atoms. The fourth-order valence-corrected chi connectivity index (χ4v) is 2.53. The van der Waals surface area contributed by atoms with Gasteiger partial charge in [0.15, 0.2) is 0 Å². The topological polar surface area (TPSA) is 9.23 Å². The Morgan fingerprint density at radius 1 is 1.29 bits per heavy atom. The van der Waals surface area contributed by atoms with Crippen molar-refractivity contribution in [3.05, 3.63) is 35.4 Å². The molecule has 1 aromatic rings. The minimum absolute atomic E-state index is 0.336. The average molecular weight is 190 g/mol. The van der Waals surface area contributed by atoms with Crippen LogP contribution < -0.4 is 0 Å². The molecule has 0 fully saturated rings. The first kappa shape index (κ1) is 9.72. The molecule has 0 saturated carbocycles. The summed E-state index contributed by atoms with van der Waals surface area (Å²) < 4.78 is 5.51. The van der Waals surface area contributed by atoms with Crippen molar-refractivity contribution >= 4 is 0 Å². The van der Waals surface area contributed by atoms with Crippen molar-refractivity contribution in [1.82, 2.24) is 0 Å². The van der Waals surface area contributed by atoms with Crippen molar-refractivity contribution < 1.29 is 4.74 Å². The Hall–Kier alpha value is -0.820. The summed E-state index contributed by atoms with van der Waals surface area (Å²) in [6.07, 6.45) is 4.05. The lowest BCUT2D eigenvalue weighted by Gasteiger charge is -2.09. The minimum Gasteiger partial charge on any atom is -0.377 e. The first-order valence-corrected chi connectivity index (χ1v) is 5.48. The van der Waals surface area contributed by atoms with Crippen LogP contribution >= 0.6 is 0 Å². The van der Waals surface area contributed by atoms with Crippen LogP contribution in [0.15, 0.2) is 24.3 Å². The highest BCUT2D eigenvalue weighted by molar-refractivity contribution is 5.37. The van der Waals surface area contributed by atoms with Gasteiger partial charge in [0.25, 0.3) is 0 Å². The number of benzene rings is 1. The monoisotopic (exact) mass is 190 g/mol. The Kier molecular flexibility index (Phi) is 2.87. The highest BCUT2D eigenvalue weighted by atomic mass is 16.5. The molecule has 1 aliphatic carbocycles. The Balaban J connectivity index is 2.29. The van der Waals surface area contributed by atoms with Gasteiger partial charge in [0, 0.05) is 7.11 Å². The molecule has 1 aromatic carbocycles. The maximum atomic E-state index is 5.51. The predicted molar refractivity (Wildman–Crippen MR) is 58.5 cm³/mol. The zero-order valence-corrected chi connectivity index (χ0v) is 8.99. The van der Waals surface area contributed by atoms with E-state index in [0.717, 1.165) is 5.92 Å². The molecule has 0 aromatic heterocycles. The maximum Gasteiger partial charge on any atom is 0.0829 e. The van der Waals surface area contributed by atoms with Crippen LogP contribution in [0, 0.1) is 0 Å². The van der Waals surface area contributed by atoms with E-state index in [1.807, 2.05) is 7.11 Å². The molecule has 0 amide bonds. The summed E-state index contributed by atoms with van der Waals surface area (Å²) in [5.41, 5.74) is 2.93. The fourth-order valence-electron chi connectivity index (χ4n) is 2.53. The van der Waals surface area contributed by atoms with E-state index in [4.69, 9.17) is 4.74 Å². The summed E-state index contributed by atoms with van der Waals surface area (Å²) in [5, 5.41) is 0. The standard InChI is InChI=1S/C13H18O/c1-3-6-10-9-13(14-2)12-8-5-4-7-11(10)12/h4-5,7-8,10,13H,3,6,9H2,1-2H3. The van der Waals surface area contributed by atoms with Crippen molar-refractivity contribution in [3.8, 4) is 0 Å². The highest BCUT2D eigenvalue weighted by Gasteiger charge is 2.29. The number of methoxy groups -OCH3 is 1. The Bertz CT molecular complexity index is 306. The molecule has 0 N–H and O–H groups in total. The van der Waals surface area contributed by atoms with Gasteiger partial charge in [-0.05, 0) is 29.9 Å². The van der Waals surface area contributed by atoms with Gasteiger partial charge in [-0.2, -0.15) is 0 Å². The van der Waals surface area contributed by atoms with Crippen LogP contribution in [0.3, 0.4) is 0 Å². The number of hydrogen-bond acceptors (Lipinski definition) is 1. The van der Waals surface area contributed by atoms with Crippen molar-refractivity contribution in [3.63, 3.8) is 0 Å². The second kappa shape index (κ2) is 4.14. The van der Waals surface area contributed by atoms with Gasteiger partial charge in [-0.1, -0.05) is 37.6 Å². The zero-order chi connectivity index (χ0) is 9.97. The Morgan fingerprint density at radius 3 is 2.64 bits per heavy atom. The molecular formula is C13H18O. The quantitative estimate of drug-likeness (QED) is 0.706. The second-order valence-corrected chi connectivity index (χ2v) is 4.07. The van der Waals surface area contributed by atoms with Crippen LogP contribution in [0.25, 0.3) is 0 Å². The van der Waals surface area contributed by atoms with Crippen molar-refractivity contribution in [2.24, 2.45) is 0 Å². The van der Waals surface area contributed by atoms with E-state index in [1.54, 1.807) is 0 Å². The summed E-state index contributed by atoms with van der Waals surface area (Å²) in [7, 11) is 1.82. The maximum absolute atomic E-state index is 5.51. The van der Waals surface area contributed by atoms with Crippen LogP contribution in [0.1, 0.15) is 49.3 Å². The molecule has 0 spiro atoms. The number of ether oxygens (including phenoxy) is 1. The molecule has 14 heavy (non-hydrogen) atoms. The van der Waals surface area contributed by atoms with Crippen LogP contribution in [-0.2, 0) is 4.74 Å². The summed E-state index contributed by atoms with van der Waals surface area (Å²) in [6.45, 7) is 2.25. The molecule has 2 unspecified atom stereocenters. The highest BCUT2D eigenvalue weighted by Crippen LogP contribution is 2.43. The lowest BCUT2D eigenvalue weighted by Crippen LogP contribution is -1.95. The van der Waals surface area contributed by atoms with E-state index < -0.39 is 0 Å². The molecule has 0 radical (unpaired) electrons. The van der Waals surface area contributed by atoms with Gasteiger partial charge in [-0.15, -0.1) is 0 Å². The first-order chi connectivity index (χ1) is 6.86. The number of rotatable bonds is 3. The van der Waals surface area contributed by atoms with Gasteiger partial charge in [-0.3, -0.25) is 0 Å².